The number of amides is 2. The van der Waals surface area contributed by atoms with E-state index in [9.17, 15) is 9.59 Å². The summed E-state index contributed by atoms with van der Waals surface area (Å²) in [5, 5.41) is 2.85. The van der Waals surface area contributed by atoms with Crippen LogP contribution in [0.25, 0.3) is 0 Å². The molecule has 0 unspecified atom stereocenters. The third-order valence-electron chi connectivity index (χ3n) is 4.26. The van der Waals surface area contributed by atoms with Crippen LogP contribution in [-0.4, -0.2) is 28.2 Å². The van der Waals surface area contributed by atoms with Gasteiger partial charge >= 0.3 is 0 Å². The SMILES string of the molecule is O=C(NCCCC(=O)N(Cc1cccnc1)Cc1ccco1)c1ccccc1. The van der Waals surface area contributed by atoms with Gasteiger partial charge in [-0.25, -0.2) is 0 Å². The molecule has 6 heteroatoms. The third kappa shape index (κ3) is 5.81. The average molecular weight is 377 g/mol. The summed E-state index contributed by atoms with van der Waals surface area (Å²) in [5.41, 5.74) is 1.57. The Labute approximate surface area is 164 Å². The van der Waals surface area contributed by atoms with E-state index in [1.54, 1.807) is 41.8 Å². The van der Waals surface area contributed by atoms with Crippen LogP contribution in [0.4, 0.5) is 0 Å². The van der Waals surface area contributed by atoms with Crippen LogP contribution >= 0.6 is 0 Å². The second-order valence-electron chi connectivity index (χ2n) is 6.42. The van der Waals surface area contributed by atoms with Gasteiger partial charge in [0.15, 0.2) is 0 Å². The lowest BCUT2D eigenvalue weighted by molar-refractivity contribution is -0.132. The van der Waals surface area contributed by atoms with Crippen LogP contribution in [0.1, 0.15) is 34.5 Å². The predicted octanol–water partition coefficient (Wildman–Crippen LogP) is 3.41. The van der Waals surface area contributed by atoms with E-state index in [0.717, 1.165) is 11.3 Å². The van der Waals surface area contributed by atoms with Gasteiger partial charge in [0.1, 0.15) is 5.76 Å². The number of pyridine rings is 1. The Kier molecular flexibility index (Phi) is 6.95. The smallest absolute Gasteiger partial charge is 0.251 e. The summed E-state index contributed by atoms with van der Waals surface area (Å²) in [6.45, 7) is 1.31. The summed E-state index contributed by atoms with van der Waals surface area (Å²) in [6, 6.07) is 16.5. The largest absolute Gasteiger partial charge is 0.467 e. The summed E-state index contributed by atoms with van der Waals surface area (Å²) < 4.78 is 5.39. The van der Waals surface area contributed by atoms with Gasteiger partial charge < -0.3 is 14.6 Å². The average Bonchev–Trinajstić information content (AvgIpc) is 3.25. The molecule has 0 atom stereocenters. The Morgan fingerprint density at radius 1 is 1.00 bits per heavy atom. The lowest BCUT2D eigenvalue weighted by atomic mass is 10.2. The van der Waals surface area contributed by atoms with E-state index in [0.29, 0.717) is 38.0 Å². The monoisotopic (exact) mass is 377 g/mol. The second kappa shape index (κ2) is 10.1. The van der Waals surface area contributed by atoms with Crippen molar-refractivity contribution in [3.63, 3.8) is 0 Å². The fourth-order valence-corrected chi connectivity index (χ4v) is 2.83. The summed E-state index contributed by atoms with van der Waals surface area (Å²) in [4.78, 5) is 30.6. The molecule has 0 saturated carbocycles. The molecular weight excluding hydrogens is 354 g/mol. The van der Waals surface area contributed by atoms with Crippen LogP contribution in [0.3, 0.4) is 0 Å². The zero-order chi connectivity index (χ0) is 19.6. The topological polar surface area (TPSA) is 75.4 Å². The fourth-order valence-electron chi connectivity index (χ4n) is 2.83. The molecule has 2 amide bonds. The molecule has 0 saturated heterocycles. The van der Waals surface area contributed by atoms with Gasteiger partial charge in [0.2, 0.25) is 5.91 Å². The molecular formula is C22H23N3O3. The van der Waals surface area contributed by atoms with Gasteiger partial charge in [-0.15, -0.1) is 0 Å². The summed E-state index contributed by atoms with van der Waals surface area (Å²) in [6.07, 6.45) is 5.97. The number of rotatable bonds is 9. The number of carbonyl (C=O) groups is 2. The highest BCUT2D eigenvalue weighted by Crippen LogP contribution is 2.12. The van der Waals surface area contributed by atoms with Crippen molar-refractivity contribution in [2.24, 2.45) is 0 Å². The molecule has 0 aliphatic rings. The lowest BCUT2D eigenvalue weighted by Gasteiger charge is -2.22. The van der Waals surface area contributed by atoms with Gasteiger partial charge in [-0.2, -0.15) is 0 Å². The third-order valence-corrected chi connectivity index (χ3v) is 4.26. The number of hydrogen-bond acceptors (Lipinski definition) is 4. The molecule has 0 spiro atoms. The van der Waals surface area contributed by atoms with Crippen molar-refractivity contribution in [3.8, 4) is 0 Å². The molecule has 2 aromatic heterocycles. The first kappa shape index (κ1) is 19.4. The van der Waals surface area contributed by atoms with Crippen LogP contribution in [0.15, 0.2) is 77.7 Å². The second-order valence-corrected chi connectivity index (χ2v) is 6.42. The van der Waals surface area contributed by atoms with Gasteiger partial charge in [-0.1, -0.05) is 24.3 Å². The summed E-state index contributed by atoms with van der Waals surface area (Å²) in [5.74, 6) is 0.611. The van der Waals surface area contributed by atoms with Crippen LogP contribution < -0.4 is 5.32 Å². The lowest BCUT2D eigenvalue weighted by Crippen LogP contribution is -2.31. The molecule has 0 fully saturated rings. The van der Waals surface area contributed by atoms with Crippen molar-refractivity contribution in [2.75, 3.05) is 6.54 Å². The van der Waals surface area contributed by atoms with Gasteiger partial charge in [-0.3, -0.25) is 14.6 Å². The van der Waals surface area contributed by atoms with Crippen LogP contribution in [0.2, 0.25) is 0 Å². The van der Waals surface area contributed by atoms with Crippen molar-refractivity contribution >= 4 is 11.8 Å². The number of benzene rings is 1. The van der Waals surface area contributed by atoms with E-state index in [2.05, 4.69) is 10.3 Å². The van der Waals surface area contributed by atoms with E-state index in [4.69, 9.17) is 4.42 Å². The Balaban J connectivity index is 1.51. The minimum Gasteiger partial charge on any atom is -0.467 e. The first-order valence-electron chi connectivity index (χ1n) is 9.24. The molecule has 6 nitrogen and oxygen atoms in total. The molecule has 144 valence electrons. The Morgan fingerprint density at radius 2 is 1.86 bits per heavy atom. The van der Waals surface area contributed by atoms with Crippen molar-refractivity contribution < 1.29 is 14.0 Å². The maximum Gasteiger partial charge on any atom is 0.251 e. The highest BCUT2D eigenvalue weighted by atomic mass is 16.3. The Bertz CT molecular complexity index is 865. The molecule has 1 N–H and O–H groups in total. The van der Waals surface area contributed by atoms with E-state index in [-0.39, 0.29) is 11.8 Å². The number of aromatic nitrogens is 1. The predicted molar refractivity (Wildman–Crippen MR) is 105 cm³/mol. The number of carbonyl (C=O) groups excluding carboxylic acids is 2. The number of nitrogens with one attached hydrogen (secondary N) is 1. The van der Waals surface area contributed by atoms with Gasteiger partial charge in [0.05, 0.1) is 12.8 Å². The Morgan fingerprint density at radius 3 is 2.57 bits per heavy atom. The summed E-state index contributed by atoms with van der Waals surface area (Å²) in [7, 11) is 0. The summed E-state index contributed by atoms with van der Waals surface area (Å²) >= 11 is 0. The van der Waals surface area contributed by atoms with Crippen molar-refractivity contribution in [2.45, 2.75) is 25.9 Å². The molecule has 2 heterocycles. The standard InChI is InChI=1S/C22H23N3O3/c26-21(11-5-13-24-22(27)19-8-2-1-3-9-19)25(17-20-10-6-14-28-20)16-18-7-4-12-23-15-18/h1-4,6-10,12,14-15H,5,11,13,16-17H2,(H,24,27). The minimum atomic E-state index is -0.129. The van der Waals surface area contributed by atoms with Gasteiger partial charge in [-0.05, 0) is 42.3 Å². The molecule has 28 heavy (non-hydrogen) atoms. The molecule has 3 aromatic rings. The van der Waals surface area contributed by atoms with E-state index in [1.165, 1.54) is 0 Å². The first-order valence-corrected chi connectivity index (χ1v) is 9.24. The van der Waals surface area contributed by atoms with E-state index >= 15 is 0 Å². The maximum atomic E-state index is 12.7. The van der Waals surface area contributed by atoms with Crippen LogP contribution in [0.5, 0.6) is 0 Å². The van der Waals surface area contributed by atoms with Crippen LogP contribution in [-0.2, 0) is 17.9 Å². The Hall–Kier alpha value is -3.41. The molecule has 3 rings (SSSR count). The maximum absolute atomic E-state index is 12.7. The zero-order valence-corrected chi connectivity index (χ0v) is 15.6. The molecule has 0 aliphatic carbocycles. The fraction of sp³-hybridized carbons (Fsp3) is 0.227. The van der Waals surface area contributed by atoms with E-state index < -0.39 is 0 Å². The molecule has 0 bridgehead atoms. The van der Waals surface area contributed by atoms with Gasteiger partial charge in [0.25, 0.3) is 5.91 Å². The van der Waals surface area contributed by atoms with Crippen molar-refractivity contribution in [3.05, 3.63) is 90.1 Å². The minimum absolute atomic E-state index is 0.00853. The number of nitrogens with zero attached hydrogens (tertiary/aromatic N) is 2. The molecule has 0 radical (unpaired) electrons. The molecule has 1 aromatic carbocycles. The number of hydrogen-bond donors (Lipinski definition) is 1. The highest BCUT2D eigenvalue weighted by molar-refractivity contribution is 5.94. The van der Waals surface area contributed by atoms with Crippen LogP contribution in [0, 0.1) is 0 Å². The van der Waals surface area contributed by atoms with Gasteiger partial charge in [0, 0.05) is 37.5 Å². The van der Waals surface area contributed by atoms with Crippen molar-refractivity contribution in [1.82, 2.24) is 15.2 Å². The first-order chi connectivity index (χ1) is 13.7. The zero-order valence-electron chi connectivity index (χ0n) is 15.6. The van der Waals surface area contributed by atoms with E-state index in [1.807, 2.05) is 36.4 Å². The number of furan rings is 1. The quantitative estimate of drug-likeness (QED) is 0.580. The molecule has 0 aliphatic heterocycles. The normalized spacial score (nSPS) is 10.4. The van der Waals surface area contributed by atoms with Crippen molar-refractivity contribution in [1.29, 1.82) is 0 Å². The highest BCUT2D eigenvalue weighted by Gasteiger charge is 2.16.